The van der Waals surface area contributed by atoms with Crippen molar-refractivity contribution in [3.8, 4) is 0 Å². The number of nitrogens with one attached hydrogen (secondary N) is 1. The number of fused-ring (bicyclic) bond motifs is 1. The molecule has 1 heterocycles. The molecule has 7 heteroatoms. The van der Waals surface area contributed by atoms with E-state index in [1.54, 1.807) is 24.1 Å². The summed E-state index contributed by atoms with van der Waals surface area (Å²) in [5.74, 6) is -1.47. The Morgan fingerprint density at radius 3 is 2.70 bits per heavy atom. The van der Waals surface area contributed by atoms with E-state index in [4.69, 9.17) is 0 Å². The fraction of sp³-hybridized carbons (Fsp3) is 0.300. The van der Waals surface area contributed by atoms with Crippen LogP contribution in [0.2, 0.25) is 0 Å². The number of anilines is 2. The Bertz CT molecular complexity index is 857. The molecule has 0 bridgehead atoms. The zero-order valence-electron chi connectivity index (χ0n) is 15.0. The second kappa shape index (κ2) is 8.26. The van der Waals surface area contributed by atoms with E-state index in [2.05, 4.69) is 5.32 Å². The van der Waals surface area contributed by atoms with E-state index in [0.29, 0.717) is 17.9 Å². The molecule has 0 saturated carbocycles. The lowest BCUT2D eigenvalue weighted by Crippen LogP contribution is -2.43. The third-order valence-electron chi connectivity index (χ3n) is 4.40. The van der Waals surface area contributed by atoms with Crippen LogP contribution in [-0.4, -0.2) is 43.4 Å². The van der Waals surface area contributed by atoms with Crippen LogP contribution in [0.4, 0.5) is 20.2 Å². The molecule has 1 aliphatic rings. The van der Waals surface area contributed by atoms with E-state index < -0.39 is 11.6 Å². The van der Waals surface area contributed by atoms with Gasteiger partial charge in [0.05, 0.1) is 18.8 Å². The van der Waals surface area contributed by atoms with Gasteiger partial charge in [0.15, 0.2) is 0 Å². The summed E-state index contributed by atoms with van der Waals surface area (Å²) >= 11 is 0. The first kappa shape index (κ1) is 19.0. The molecule has 3 rings (SSSR count). The van der Waals surface area contributed by atoms with Crippen molar-refractivity contribution < 1.29 is 18.4 Å². The lowest BCUT2D eigenvalue weighted by Gasteiger charge is -2.31. The van der Waals surface area contributed by atoms with Crippen molar-refractivity contribution in [1.82, 2.24) is 4.90 Å². The molecule has 0 atom stereocenters. The second-order valence-electron chi connectivity index (χ2n) is 6.63. The van der Waals surface area contributed by atoms with E-state index in [1.165, 1.54) is 29.2 Å². The van der Waals surface area contributed by atoms with Crippen LogP contribution < -0.4 is 10.2 Å². The standard InChI is InChI=1S/C20H21F2N3O2/c1-24(12-18(26)23-16-8-3-7-15(21)11-16)13-19(27)25-10-4-6-14-5-2-9-17(22)20(14)25/h2-3,5,7-9,11H,4,6,10,12-13H2,1H3,(H,23,26). The summed E-state index contributed by atoms with van der Waals surface area (Å²) in [4.78, 5) is 27.7. The number of aryl methyl sites for hydroxylation is 1. The van der Waals surface area contributed by atoms with E-state index in [9.17, 15) is 18.4 Å². The van der Waals surface area contributed by atoms with Crippen LogP contribution in [0.3, 0.4) is 0 Å². The van der Waals surface area contributed by atoms with E-state index in [-0.39, 0.29) is 24.9 Å². The summed E-state index contributed by atoms with van der Waals surface area (Å²) in [7, 11) is 1.63. The van der Waals surface area contributed by atoms with Crippen LogP contribution in [0.5, 0.6) is 0 Å². The predicted molar refractivity (Wildman–Crippen MR) is 99.6 cm³/mol. The fourth-order valence-electron chi connectivity index (χ4n) is 3.24. The van der Waals surface area contributed by atoms with Gasteiger partial charge in [-0.3, -0.25) is 14.5 Å². The lowest BCUT2D eigenvalue weighted by atomic mass is 10.0. The van der Waals surface area contributed by atoms with Gasteiger partial charge in [-0.05, 0) is 49.7 Å². The van der Waals surface area contributed by atoms with Crippen molar-refractivity contribution in [3.63, 3.8) is 0 Å². The average Bonchev–Trinajstić information content (AvgIpc) is 2.61. The Labute approximate surface area is 156 Å². The minimum atomic E-state index is -0.442. The number of para-hydroxylation sites is 1. The maximum absolute atomic E-state index is 14.2. The largest absolute Gasteiger partial charge is 0.325 e. The summed E-state index contributed by atoms with van der Waals surface area (Å²) in [6.45, 7) is 0.390. The summed E-state index contributed by atoms with van der Waals surface area (Å²) in [5, 5.41) is 2.59. The summed E-state index contributed by atoms with van der Waals surface area (Å²) in [5.41, 5.74) is 1.51. The molecule has 2 aromatic carbocycles. The van der Waals surface area contributed by atoms with E-state index in [1.807, 2.05) is 6.07 Å². The number of hydrogen-bond donors (Lipinski definition) is 1. The van der Waals surface area contributed by atoms with Crippen molar-refractivity contribution in [1.29, 1.82) is 0 Å². The van der Waals surface area contributed by atoms with Crippen molar-refractivity contribution in [2.75, 3.05) is 36.9 Å². The second-order valence-corrected chi connectivity index (χ2v) is 6.63. The van der Waals surface area contributed by atoms with E-state index >= 15 is 0 Å². The molecule has 0 aromatic heterocycles. The first-order chi connectivity index (χ1) is 12.9. The number of hydrogen-bond acceptors (Lipinski definition) is 3. The van der Waals surface area contributed by atoms with Gasteiger partial charge < -0.3 is 10.2 Å². The van der Waals surface area contributed by atoms with Gasteiger partial charge in [-0.15, -0.1) is 0 Å². The number of amides is 2. The highest BCUT2D eigenvalue weighted by Crippen LogP contribution is 2.29. The van der Waals surface area contributed by atoms with Crippen molar-refractivity contribution in [2.24, 2.45) is 0 Å². The maximum atomic E-state index is 14.2. The Hall–Kier alpha value is -2.80. The molecule has 0 radical (unpaired) electrons. The smallest absolute Gasteiger partial charge is 0.241 e. The first-order valence-electron chi connectivity index (χ1n) is 8.76. The molecule has 142 valence electrons. The average molecular weight is 373 g/mol. The van der Waals surface area contributed by atoms with Gasteiger partial charge in [-0.2, -0.15) is 0 Å². The molecule has 0 aliphatic carbocycles. The summed E-state index contributed by atoms with van der Waals surface area (Å²) in [6, 6.07) is 10.4. The van der Waals surface area contributed by atoms with E-state index in [0.717, 1.165) is 18.4 Å². The number of rotatable bonds is 5. The zero-order valence-corrected chi connectivity index (χ0v) is 15.0. The SMILES string of the molecule is CN(CC(=O)Nc1cccc(F)c1)CC(=O)N1CCCc2cccc(F)c21. The predicted octanol–water partition coefficient (Wildman–Crippen LogP) is 2.81. The van der Waals surface area contributed by atoms with Gasteiger partial charge in [0.25, 0.3) is 0 Å². The number of benzene rings is 2. The van der Waals surface area contributed by atoms with Gasteiger partial charge in [0.1, 0.15) is 11.6 Å². The molecule has 0 fully saturated rings. The molecule has 0 saturated heterocycles. The Morgan fingerprint density at radius 1 is 1.15 bits per heavy atom. The molecule has 2 aromatic rings. The Kier molecular flexibility index (Phi) is 5.81. The minimum absolute atomic E-state index is 0.0235. The van der Waals surface area contributed by atoms with Crippen molar-refractivity contribution in [2.45, 2.75) is 12.8 Å². The van der Waals surface area contributed by atoms with Crippen LogP contribution >= 0.6 is 0 Å². The van der Waals surface area contributed by atoms with Crippen LogP contribution in [0.1, 0.15) is 12.0 Å². The van der Waals surface area contributed by atoms with Crippen LogP contribution in [0.25, 0.3) is 0 Å². The molecule has 1 N–H and O–H groups in total. The van der Waals surface area contributed by atoms with Crippen LogP contribution in [0, 0.1) is 11.6 Å². The molecule has 1 aliphatic heterocycles. The normalized spacial score (nSPS) is 13.4. The molecule has 0 unspecified atom stereocenters. The monoisotopic (exact) mass is 373 g/mol. The Morgan fingerprint density at radius 2 is 1.93 bits per heavy atom. The topological polar surface area (TPSA) is 52.7 Å². The number of likely N-dealkylation sites (N-methyl/N-ethyl adjacent to an activating group) is 1. The lowest BCUT2D eigenvalue weighted by molar-refractivity contribution is -0.121. The third-order valence-corrected chi connectivity index (χ3v) is 4.40. The highest BCUT2D eigenvalue weighted by molar-refractivity contribution is 5.97. The first-order valence-corrected chi connectivity index (χ1v) is 8.76. The molecule has 5 nitrogen and oxygen atoms in total. The minimum Gasteiger partial charge on any atom is -0.325 e. The summed E-state index contributed by atoms with van der Waals surface area (Å²) < 4.78 is 27.4. The number of halogens is 2. The number of carbonyl (C=O) groups excluding carboxylic acids is 2. The quantitative estimate of drug-likeness (QED) is 0.877. The van der Waals surface area contributed by atoms with Gasteiger partial charge in [-0.25, -0.2) is 8.78 Å². The molecular formula is C20H21F2N3O2. The Balaban J connectivity index is 1.59. The highest BCUT2D eigenvalue weighted by Gasteiger charge is 2.26. The number of carbonyl (C=O) groups is 2. The highest BCUT2D eigenvalue weighted by atomic mass is 19.1. The van der Waals surface area contributed by atoms with Crippen molar-refractivity contribution >= 4 is 23.2 Å². The zero-order chi connectivity index (χ0) is 19.4. The molecule has 0 spiro atoms. The van der Waals surface area contributed by atoms with Crippen LogP contribution in [-0.2, 0) is 16.0 Å². The maximum Gasteiger partial charge on any atom is 0.241 e. The van der Waals surface area contributed by atoms with Crippen molar-refractivity contribution in [3.05, 3.63) is 59.7 Å². The third kappa shape index (κ3) is 4.68. The molecule has 2 amide bonds. The number of nitrogens with zero attached hydrogens (tertiary/aromatic N) is 2. The van der Waals surface area contributed by atoms with Gasteiger partial charge in [-0.1, -0.05) is 18.2 Å². The van der Waals surface area contributed by atoms with Gasteiger partial charge >= 0.3 is 0 Å². The molecule has 27 heavy (non-hydrogen) atoms. The summed E-state index contributed by atoms with van der Waals surface area (Å²) in [6.07, 6.45) is 1.51. The van der Waals surface area contributed by atoms with Gasteiger partial charge in [0, 0.05) is 12.2 Å². The fourth-order valence-corrected chi connectivity index (χ4v) is 3.24. The van der Waals surface area contributed by atoms with Gasteiger partial charge in [0.2, 0.25) is 11.8 Å². The molecular weight excluding hydrogens is 352 g/mol. The van der Waals surface area contributed by atoms with Crippen LogP contribution in [0.15, 0.2) is 42.5 Å².